The number of aromatic nitrogens is 2. The first kappa shape index (κ1) is 44.0. The zero-order chi connectivity index (χ0) is 44.0. The lowest BCUT2D eigenvalue weighted by molar-refractivity contribution is -0.125. The van der Waals surface area contributed by atoms with E-state index in [2.05, 4.69) is 20.8 Å². The van der Waals surface area contributed by atoms with Gasteiger partial charge < -0.3 is 20.6 Å². The fourth-order valence-electron chi connectivity index (χ4n) is 5.62. The predicted octanol–water partition coefficient (Wildman–Crippen LogP) is -0.481. The lowest BCUT2D eigenvalue weighted by Crippen LogP contribution is -2.29. The number of rotatable bonds is 12. The van der Waals surface area contributed by atoms with Gasteiger partial charge >= 0.3 is 0 Å². The molecule has 314 valence electrons. The van der Waals surface area contributed by atoms with Crippen LogP contribution in [0.4, 0.5) is 5.69 Å². The van der Waals surface area contributed by atoms with Gasteiger partial charge in [0.15, 0.2) is 11.4 Å². The van der Waals surface area contributed by atoms with Crippen LogP contribution in [-0.4, -0.2) is 122 Å². The van der Waals surface area contributed by atoms with E-state index in [1.165, 1.54) is 4.90 Å². The van der Waals surface area contributed by atoms with Crippen LogP contribution in [0.2, 0.25) is 0 Å². The third-order valence-corrected chi connectivity index (χ3v) is 11.9. The van der Waals surface area contributed by atoms with Crippen molar-refractivity contribution in [3.8, 4) is 11.6 Å². The van der Waals surface area contributed by atoms with Crippen LogP contribution in [0.25, 0.3) is 11.8 Å². The average Bonchev–Trinajstić information content (AvgIpc) is 3.83. The van der Waals surface area contributed by atoms with Crippen molar-refractivity contribution >= 4 is 81.6 Å². The van der Waals surface area contributed by atoms with E-state index in [0.717, 1.165) is 38.4 Å². The molecule has 3 aromatic rings. The van der Waals surface area contributed by atoms with Gasteiger partial charge in [-0.15, -0.1) is 0 Å². The van der Waals surface area contributed by atoms with Crippen LogP contribution >= 0.6 is 0 Å². The number of aromatic hydroxyl groups is 1. The molecule has 0 aliphatic carbocycles. The summed E-state index contributed by atoms with van der Waals surface area (Å²) in [5.74, 6) is -4.85. The van der Waals surface area contributed by atoms with Gasteiger partial charge in [-0.25, -0.2) is 0 Å². The molecule has 0 radical (unpaired) electrons. The van der Waals surface area contributed by atoms with Crippen LogP contribution in [0.3, 0.4) is 0 Å². The number of carbonyl (C=O) groups is 4. The van der Waals surface area contributed by atoms with Gasteiger partial charge in [-0.05, 0) is 67.1 Å². The molecule has 4 amide bonds. The van der Waals surface area contributed by atoms with Crippen LogP contribution in [0, 0.1) is 0 Å². The average molecular weight is 900 g/mol. The van der Waals surface area contributed by atoms with E-state index in [4.69, 9.17) is 0 Å². The molecule has 59 heavy (non-hydrogen) atoms. The van der Waals surface area contributed by atoms with Gasteiger partial charge in [0.05, 0.1) is 32.3 Å². The fraction of sp³-hybridized carbons (Fsp3) is 0.161. The Kier molecular flexibility index (Phi) is 11.8. The quantitative estimate of drug-likeness (QED) is 0.0685. The largest absolute Gasteiger partial charge is 0.493 e. The van der Waals surface area contributed by atoms with Crippen molar-refractivity contribution < 1.29 is 76.2 Å². The Balaban J connectivity index is 1.70. The number of benzene rings is 2. The molecule has 2 aliphatic heterocycles. The Hall–Kier alpha value is -6.14. The van der Waals surface area contributed by atoms with E-state index in [0.29, 0.717) is 47.5 Å². The molecule has 0 bridgehead atoms. The van der Waals surface area contributed by atoms with Gasteiger partial charge in [0, 0.05) is 32.8 Å². The Bertz CT molecular complexity index is 2930. The predicted molar refractivity (Wildman–Crippen MR) is 199 cm³/mol. The van der Waals surface area contributed by atoms with Gasteiger partial charge in [-0.3, -0.25) is 37.4 Å². The van der Waals surface area contributed by atoms with Gasteiger partial charge in [0.2, 0.25) is 11.8 Å². The first-order valence-electron chi connectivity index (χ1n) is 16.1. The van der Waals surface area contributed by atoms with Crippen LogP contribution < -0.4 is 15.6 Å². The molecule has 1 saturated heterocycles. The second-order valence-corrected chi connectivity index (χ2v) is 17.7. The lowest BCUT2D eigenvalue weighted by atomic mass is 10.1. The molecule has 2 aromatic carbocycles. The minimum Gasteiger partial charge on any atom is -0.493 e. The van der Waals surface area contributed by atoms with Crippen LogP contribution in [-0.2, 0) is 54.9 Å². The monoisotopic (exact) mass is 899 g/mol. The van der Waals surface area contributed by atoms with Crippen LogP contribution in [0.5, 0.6) is 5.88 Å². The molecule has 0 atom stereocenters. The smallest absolute Gasteiger partial charge is 0.296 e. The summed E-state index contributed by atoms with van der Waals surface area (Å²) in [6.07, 6.45) is 4.47. The lowest BCUT2D eigenvalue weighted by Gasteiger charge is -2.17. The summed E-state index contributed by atoms with van der Waals surface area (Å²) in [6, 6.07) is 3.38. The summed E-state index contributed by atoms with van der Waals surface area (Å²) in [5.41, 5.74) is -4.28. The van der Waals surface area contributed by atoms with Crippen molar-refractivity contribution in [1.29, 1.82) is 0 Å². The Morgan fingerprint density at radius 2 is 1.32 bits per heavy atom. The maximum absolute atomic E-state index is 13.8. The first-order chi connectivity index (χ1) is 27.3. The number of carbonyl (C=O) groups excluding carboxylic acids is 4. The third-order valence-electron chi connectivity index (χ3n) is 8.35. The summed E-state index contributed by atoms with van der Waals surface area (Å²) in [4.78, 5) is 49.9. The summed E-state index contributed by atoms with van der Waals surface area (Å²) in [7, 11) is -18.1. The summed E-state index contributed by atoms with van der Waals surface area (Å²) in [5, 5.41) is 23.7. The molecule has 1 fully saturated rings. The molecule has 0 spiro atoms. The maximum Gasteiger partial charge on any atom is 0.296 e. The van der Waals surface area contributed by atoms with Gasteiger partial charge in [0.1, 0.15) is 9.79 Å². The Morgan fingerprint density at radius 3 is 1.81 bits per heavy atom. The van der Waals surface area contributed by atoms with Gasteiger partial charge in [-0.2, -0.15) is 53.6 Å². The number of nitrogens with zero attached hydrogens (tertiary/aromatic N) is 5. The third kappa shape index (κ3) is 8.97. The van der Waals surface area contributed by atoms with E-state index >= 15 is 0 Å². The molecule has 0 unspecified atom stereocenters. The molecule has 5 rings (SSSR count). The molecule has 28 heteroatoms. The minimum absolute atomic E-state index is 0.0249. The van der Waals surface area contributed by atoms with Crippen molar-refractivity contribution in [2.75, 3.05) is 25.6 Å². The van der Waals surface area contributed by atoms with Gasteiger partial charge in [-0.1, -0.05) is 0 Å². The number of amides is 4. The topological polar surface area (TPSA) is 367 Å². The number of hydrazone groups is 1. The standard InChI is InChI=1S/C31H29N7O17S4/c1-32-28(40)26-19(30(42)37(34-26)21-14-17(56(44,45)46)7-11-23(21)58(50,51)52)9-5-16(36-13-3-4-25(36)39)6-10-20-27(29(41)33-2)35-38(31(20)43)22-15-18(57(47,48)49)8-12-24(22)59(53,54)55/h5-12,14-15,42H,3-4,13H2,1-2H3,(H,32,40)(H,33,41)(H,44,45,46)(H,47,48,49)(H,50,51,52)(H,53,54,55)/b9-5+,16-6-,20-10-. The highest BCUT2D eigenvalue weighted by Gasteiger charge is 2.38. The van der Waals surface area contributed by atoms with E-state index in [1.54, 1.807) is 0 Å². The number of anilines is 1. The summed E-state index contributed by atoms with van der Waals surface area (Å²) >= 11 is 0. The van der Waals surface area contributed by atoms with Crippen molar-refractivity contribution in [1.82, 2.24) is 25.3 Å². The molecule has 7 N–H and O–H groups in total. The van der Waals surface area contributed by atoms with Crippen molar-refractivity contribution in [2.45, 2.75) is 32.4 Å². The molecule has 24 nitrogen and oxygen atoms in total. The highest BCUT2D eigenvalue weighted by molar-refractivity contribution is 7.87. The normalized spacial score (nSPS) is 16.3. The molecular formula is C31H29N7O17S4. The second kappa shape index (κ2) is 15.9. The number of allylic oxidation sites excluding steroid dienone is 3. The van der Waals surface area contributed by atoms with Crippen molar-refractivity contribution in [3.05, 3.63) is 77.2 Å². The Labute approximate surface area is 333 Å². The van der Waals surface area contributed by atoms with Crippen molar-refractivity contribution in [2.24, 2.45) is 5.10 Å². The highest BCUT2D eigenvalue weighted by Crippen LogP contribution is 2.34. The van der Waals surface area contributed by atoms with Crippen LogP contribution in [0.15, 0.2) is 90.6 Å². The van der Waals surface area contributed by atoms with Gasteiger partial charge in [0.25, 0.3) is 58.2 Å². The molecule has 2 aliphatic rings. The highest BCUT2D eigenvalue weighted by atomic mass is 32.2. The van der Waals surface area contributed by atoms with Crippen LogP contribution in [0.1, 0.15) is 28.9 Å². The SMILES string of the molecule is CNC(=O)C1=NN(c2cc(S(=O)(=O)O)ccc2S(=O)(=O)O)C(=O)\C1=C/C=C(/C=C/c1c(C(=O)NC)nn(-c2cc(S(=O)(=O)O)ccc2S(=O)(=O)O)c1O)N1CCCC1=O. The van der Waals surface area contributed by atoms with Crippen molar-refractivity contribution in [3.63, 3.8) is 0 Å². The Morgan fingerprint density at radius 1 is 0.780 bits per heavy atom. The molecule has 3 heterocycles. The first-order valence-corrected chi connectivity index (χ1v) is 21.8. The van der Waals surface area contributed by atoms with E-state index in [9.17, 15) is 76.2 Å². The van der Waals surface area contributed by atoms with E-state index < -0.39 is 123 Å². The van der Waals surface area contributed by atoms with E-state index in [1.807, 2.05) is 0 Å². The van der Waals surface area contributed by atoms with E-state index in [-0.39, 0.29) is 23.7 Å². The maximum atomic E-state index is 13.8. The zero-order valence-electron chi connectivity index (χ0n) is 29.9. The molecule has 1 aromatic heterocycles. The number of hydrogen-bond donors (Lipinski definition) is 7. The number of hydrogen-bond acceptors (Lipinski definition) is 15. The number of nitrogens with one attached hydrogen (secondary N) is 2. The zero-order valence-corrected chi connectivity index (χ0v) is 33.2. The fourth-order valence-corrected chi connectivity index (χ4v) is 7.92. The second-order valence-electron chi connectivity index (χ2n) is 12.0. The molecule has 0 saturated carbocycles. The summed E-state index contributed by atoms with van der Waals surface area (Å²) in [6.45, 7) is 0.0580. The number of likely N-dealkylation sites (tertiary alicyclic amines) is 1. The molecular weight excluding hydrogens is 871 g/mol. The summed E-state index contributed by atoms with van der Waals surface area (Å²) < 4.78 is 136. The minimum atomic E-state index is -5.20.